The van der Waals surface area contributed by atoms with Crippen molar-refractivity contribution in [1.29, 1.82) is 0 Å². The highest BCUT2D eigenvalue weighted by molar-refractivity contribution is 7.92. The van der Waals surface area contributed by atoms with Gasteiger partial charge in [0.05, 0.1) is 11.4 Å². The number of sulfonamides is 1. The number of benzene rings is 1. The molecule has 0 radical (unpaired) electrons. The van der Waals surface area contributed by atoms with Crippen LogP contribution in [0.5, 0.6) is 5.75 Å². The maximum Gasteiger partial charge on any atom is 0.573 e. The molecule has 0 unspecified atom stereocenters. The van der Waals surface area contributed by atoms with Crippen LogP contribution in [0.2, 0.25) is 0 Å². The Balaban J connectivity index is 2.96. The second-order valence-corrected chi connectivity index (χ2v) is 5.10. The lowest BCUT2D eigenvalue weighted by atomic mass is 10.3. The van der Waals surface area contributed by atoms with Crippen molar-refractivity contribution in [3.8, 4) is 5.75 Å². The summed E-state index contributed by atoms with van der Waals surface area (Å²) in [5, 5.41) is 0. The van der Waals surface area contributed by atoms with Crippen LogP contribution in [0.3, 0.4) is 0 Å². The molecular formula is C9H11F3N2O3S. The van der Waals surface area contributed by atoms with E-state index in [4.69, 9.17) is 5.73 Å². The number of hydrogen-bond acceptors (Lipinski definition) is 4. The zero-order valence-electron chi connectivity index (χ0n) is 9.07. The molecular weight excluding hydrogens is 273 g/mol. The molecule has 18 heavy (non-hydrogen) atoms. The van der Waals surface area contributed by atoms with E-state index in [1.165, 1.54) is 12.1 Å². The molecule has 9 heteroatoms. The Labute approximate surface area is 102 Å². The van der Waals surface area contributed by atoms with Crippen molar-refractivity contribution >= 4 is 15.7 Å². The lowest BCUT2D eigenvalue weighted by molar-refractivity contribution is -0.274. The normalized spacial score (nSPS) is 12.2. The smallest absolute Gasteiger partial charge is 0.404 e. The minimum atomic E-state index is -4.89. The summed E-state index contributed by atoms with van der Waals surface area (Å²) in [6.45, 7) is -0.141. The van der Waals surface area contributed by atoms with E-state index in [0.29, 0.717) is 0 Å². The number of halogens is 3. The average Bonchev–Trinajstić information content (AvgIpc) is 2.18. The van der Waals surface area contributed by atoms with Gasteiger partial charge in [-0.05, 0) is 12.1 Å². The molecule has 0 saturated heterocycles. The van der Waals surface area contributed by atoms with Gasteiger partial charge in [-0.2, -0.15) is 0 Å². The molecule has 5 nitrogen and oxygen atoms in total. The summed E-state index contributed by atoms with van der Waals surface area (Å²) in [4.78, 5) is 0. The van der Waals surface area contributed by atoms with E-state index >= 15 is 0 Å². The third kappa shape index (κ3) is 4.80. The SMILES string of the molecule is NCCS(=O)(=O)Nc1ccccc1OC(F)(F)F. The number of anilines is 1. The van der Waals surface area contributed by atoms with Crippen molar-refractivity contribution in [2.45, 2.75) is 6.36 Å². The van der Waals surface area contributed by atoms with Gasteiger partial charge in [0.2, 0.25) is 10.0 Å². The summed E-state index contributed by atoms with van der Waals surface area (Å²) in [6, 6.07) is 4.84. The second kappa shape index (κ2) is 5.44. The van der Waals surface area contributed by atoms with Gasteiger partial charge < -0.3 is 10.5 Å². The maximum atomic E-state index is 12.1. The average molecular weight is 284 g/mol. The number of nitrogens with two attached hydrogens (primary N) is 1. The van der Waals surface area contributed by atoms with E-state index in [-0.39, 0.29) is 12.2 Å². The number of ether oxygens (including phenoxy) is 1. The minimum Gasteiger partial charge on any atom is -0.404 e. The molecule has 0 amide bonds. The van der Waals surface area contributed by atoms with Crippen molar-refractivity contribution < 1.29 is 26.3 Å². The molecule has 0 fully saturated rings. The Morgan fingerprint density at radius 3 is 2.44 bits per heavy atom. The van der Waals surface area contributed by atoms with E-state index in [0.717, 1.165) is 12.1 Å². The molecule has 0 aliphatic heterocycles. The highest BCUT2D eigenvalue weighted by atomic mass is 32.2. The fourth-order valence-electron chi connectivity index (χ4n) is 1.14. The van der Waals surface area contributed by atoms with Crippen LogP contribution in [0.4, 0.5) is 18.9 Å². The quantitative estimate of drug-likeness (QED) is 0.853. The number of nitrogens with one attached hydrogen (secondary N) is 1. The molecule has 0 heterocycles. The van der Waals surface area contributed by atoms with Crippen molar-refractivity contribution in [2.75, 3.05) is 17.0 Å². The second-order valence-electron chi connectivity index (χ2n) is 3.25. The Kier molecular flexibility index (Phi) is 4.41. The summed E-state index contributed by atoms with van der Waals surface area (Å²) in [7, 11) is -3.79. The van der Waals surface area contributed by atoms with Crippen LogP contribution in [0.1, 0.15) is 0 Å². The van der Waals surface area contributed by atoms with Crippen LogP contribution in [0.15, 0.2) is 24.3 Å². The van der Waals surface area contributed by atoms with Gasteiger partial charge >= 0.3 is 6.36 Å². The predicted octanol–water partition coefficient (Wildman–Crippen LogP) is 1.29. The van der Waals surface area contributed by atoms with Gasteiger partial charge in [0.15, 0.2) is 5.75 Å². The largest absolute Gasteiger partial charge is 0.573 e. The summed E-state index contributed by atoms with van der Waals surface area (Å²) in [5.74, 6) is -1.02. The van der Waals surface area contributed by atoms with Gasteiger partial charge in [-0.1, -0.05) is 12.1 Å². The van der Waals surface area contributed by atoms with Gasteiger partial charge in [-0.15, -0.1) is 13.2 Å². The van der Waals surface area contributed by atoms with Crippen LogP contribution in [-0.2, 0) is 10.0 Å². The summed E-state index contributed by atoms with van der Waals surface area (Å²) >= 11 is 0. The zero-order valence-corrected chi connectivity index (χ0v) is 9.88. The van der Waals surface area contributed by atoms with Gasteiger partial charge in [0, 0.05) is 6.54 Å². The fraction of sp³-hybridized carbons (Fsp3) is 0.333. The first-order valence-electron chi connectivity index (χ1n) is 4.79. The molecule has 0 aromatic heterocycles. The van der Waals surface area contributed by atoms with Crippen molar-refractivity contribution in [3.63, 3.8) is 0 Å². The highest BCUT2D eigenvalue weighted by Crippen LogP contribution is 2.30. The van der Waals surface area contributed by atoms with E-state index in [9.17, 15) is 21.6 Å². The molecule has 1 aromatic rings. The lowest BCUT2D eigenvalue weighted by Crippen LogP contribution is -2.24. The third-order valence-electron chi connectivity index (χ3n) is 1.76. The molecule has 0 aliphatic carbocycles. The first-order valence-corrected chi connectivity index (χ1v) is 6.44. The number of rotatable bonds is 5. The van der Waals surface area contributed by atoms with Gasteiger partial charge in [0.25, 0.3) is 0 Å². The van der Waals surface area contributed by atoms with Crippen LogP contribution in [0, 0.1) is 0 Å². The highest BCUT2D eigenvalue weighted by Gasteiger charge is 2.32. The van der Waals surface area contributed by atoms with E-state index in [1.54, 1.807) is 0 Å². The monoisotopic (exact) mass is 284 g/mol. The molecule has 102 valence electrons. The molecule has 0 aliphatic rings. The van der Waals surface area contributed by atoms with Crippen LogP contribution in [0.25, 0.3) is 0 Å². The number of para-hydroxylation sites is 2. The van der Waals surface area contributed by atoms with E-state index < -0.39 is 27.9 Å². The lowest BCUT2D eigenvalue weighted by Gasteiger charge is -2.14. The predicted molar refractivity (Wildman–Crippen MR) is 59.6 cm³/mol. The Hall–Kier alpha value is -1.48. The third-order valence-corrected chi connectivity index (χ3v) is 3.07. The first-order chi connectivity index (χ1) is 8.23. The van der Waals surface area contributed by atoms with E-state index in [1.807, 2.05) is 4.72 Å². The molecule has 1 aromatic carbocycles. The molecule has 0 spiro atoms. The van der Waals surface area contributed by atoms with Crippen LogP contribution < -0.4 is 15.2 Å². The van der Waals surface area contributed by atoms with Crippen molar-refractivity contribution in [2.24, 2.45) is 5.73 Å². The molecule has 3 N–H and O–H groups in total. The topological polar surface area (TPSA) is 81.4 Å². The number of alkyl halides is 3. The summed E-state index contributed by atoms with van der Waals surface area (Å²) in [6.07, 6.45) is -4.89. The Morgan fingerprint density at radius 2 is 1.89 bits per heavy atom. The molecule has 0 bridgehead atoms. The van der Waals surface area contributed by atoms with Crippen LogP contribution >= 0.6 is 0 Å². The Morgan fingerprint density at radius 1 is 1.28 bits per heavy atom. The minimum absolute atomic E-state index is 0.141. The Bertz CT molecular complexity index is 502. The fourth-order valence-corrected chi connectivity index (χ4v) is 2.05. The van der Waals surface area contributed by atoms with Crippen molar-refractivity contribution in [3.05, 3.63) is 24.3 Å². The standard InChI is InChI=1S/C9H11F3N2O3S/c10-9(11,12)17-8-4-2-1-3-7(8)14-18(15,16)6-5-13/h1-4,14H,5-6,13H2. The first kappa shape index (κ1) is 14.6. The molecule has 1 rings (SSSR count). The van der Waals surface area contributed by atoms with Gasteiger partial charge in [-0.25, -0.2) is 8.42 Å². The van der Waals surface area contributed by atoms with Crippen LogP contribution in [-0.4, -0.2) is 27.1 Å². The van der Waals surface area contributed by atoms with Gasteiger partial charge in [0.1, 0.15) is 0 Å². The van der Waals surface area contributed by atoms with Gasteiger partial charge in [-0.3, -0.25) is 4.72 Å². The van der Waals surface area contributed by atoms with E-state index in [2.05, 4.69) is 4.74 Å². The molecule has 0 atom stereocenters. The number of hydrogen-bond donors (Lipinski definition) is 2. The maximum absolute atomic E-state index is 12.1. The zero-order chi connectivity index (χ0) is 13.8. The molecule has 0 saturated carbocycles. The summed E-state index contributed by atoms with van der Waals surface area (Å²) < 4.78 is 64.7. The van der Waals surface area contributed by atoms with Crippen molar-refractivity contribution in [1.82, 2.24) is 0 Å². The summed E-state index contributed by atoms with van der Waals surface area (Å²) in [5.41, 5.74) is 4.79.